The minimum absolute atomic E-state index is 0.0427. The van der Waals surface area contributed by atoms with Crippen LogP contribution in [-0.2, 0) is 6.18 Å². The summed E-state index contributed by atoms with van der Waals surface area (Å²) in [6.45, 7) is 3.43. The lowest BCUT2D eigenvalue weighted by Crippen LogP contribution is -2.59. The molecular formula is C22H22F3N5OS2. The number of fused-ring (bicyclic) bond motifs is 2. The first kappa shape index (κ1) is 21.4. The third-order valence-electron chi connectivity index (χ3n) is 7.05. The van der Waals surface area contributed by atoms with Crippen LogP contribution in [0.2, 0.25) is 0 Å². The van der Waals surface area contributed by atoms with Gasteiger partial charge < -0.3 is 14.9 Å². The van der Waals surface area contributed by atoms with Crippen LogP contribution in [0.25, 0.3) is 10.2 Å². The highest BCUT2D eigenvalue weighted by Gasteiger charge is 2.55. The molecule has 11 heteroatoms. The molecule has 33 heavy (non-hydrogen) atoms. The van der Waals surface area contributed by atoms with E-state index in [4.69, 9.17) is 0 Å². The van der Waals surface area contributed by atoms with Gasteiger partial charge in [0.1, 0.15) is 5.82 Å². The normalized spacial score (nSPS) is 28.8. The first-order valence-corrected chi connectivity index (χ1v) is 12.7. The number of aromatic nitrogens is 3. The first-order valence-electron chi connectivity index (χ1n) is 10.9. The zero-order valence-electron chi connectivity index (χ0n) is 17.7. The molecule has 2 aliphatic heterocycles. The highest BCUT2D eigenvalue weighted by molar-refractivity contribution is 8.01. The molecule has 2 aromatic heterocycles. The van der Waals surface area contributed by atoms with Crippen LogP contribution in [0.4, 0.5) is 24.9 Å². The van der Waals surface area contributed by atoms with Gasteiger partial charge in [0.25, 0.3) is 0 Å². The number of piperidine rings is 1. The van der Waals surface area contributed by atoms with Crippen molar-refractivity contribution in [3.05, 3.63) is 36.0 Å². The Balaban J connectivity index is 1.13. The number of halogens is 3. The van der Waals surface area contributed by atoms with Crippen molar-refractivity contribution in [1.82, 2.24) is 15.0 Å². The van der Waals surface area contributed by atoms with Crippen LogP contribution in [-0.4, -0.2) is 57.6 Å². The van der Waals surface area contributed by atoms with E-state index >= 15 is 0 Å². The summed E-state index contributed by atoms with van der Waals surface area (Å²) in [5.74, 6) is 2.86. The molecule has 4 heterocycles. The van der Waals surface area contributed by atoms with Crippen molar-refractivity contribution >= 4 is 45.1 Å². The van der Waals surface area contributed by atoms with Crippen molar-refractivity contribution < 1.29 is 18.3 Å². The SMILES string of the molecule is C[C@H]1[C@H](O)CN1c1nc(N2C[C@@H]3C(CSc4nc5ccccc5s4)[C@@H]3C2)cc(C(F)(F)F)n1. The summed E-state index contributed by atoms with van der Waals surface area (Å²) >= 11 is 3.48. The van der Waals surface area contributed by atoms with E-state index in [-0.39, 0.29) is 18.5 Å². The molecule has 174 valence electrons. The average molecular weight is 494 g/mol. The fourth-order valence-electron chi connectivity index (χ4n) is 4.88. The van der Waals surface area contributed by atoms with Crippen molar-refractivity contribution in [1.29, 1.82) is 0 Å². The fraction of sp³-hybridized carbons (Fsp3) is 0.500. The Labute approximate surface area is 196 Å². The van der Waals surface area contributed by atoms with Crippen LogP contribution < -0.4 is 9.80 Å². The summed E-state index contributed by atoms with van der Waals surface area (Å²) < 4.78 is 42.7. The molecule has 1 N–H and O–H groups in total. The fourth-order valence-corrected chi connectivity index (χ4v) is 7.27. The summed E-state index contributed by atoms with van der Waals surface area (Å²) in [6.07, 6.45) is -5.11. The Bertz CT molecular complexity index is 1160. The Morgan fingerprint density at radius 1 is 1.12 bits per heavy atom. The van der Waals surface area contributed by atoms with E-state index in [0.717, 1.165) is 21.7 Å². The van der Waals surface area contributed by atoms with Crippen molar-refractivity contribution in [3.63, 3.8) is 0 Å². The largest absolute Gasteiger partial charge is 0.433 e. The molecule has 3 aliphatic rings. The van der Waals surface area contributed by atoms with E-state index in [0.29, 0.717) is 36.7 Å². The molecule has 1 aliphatic carbocycles. The lowest BCUT2D eigenvalue weighted by molar-refractivity contribution is -0.141. The number of para-hydroxylation sites is 1. The minimum atomic E-state index is -4.54. The van der Waals surface area contributed by atoms with Gasteiger partial charge in [-0.1, -0.05) is 23.9 Å². The number of thiazole rings is 1. The number of aliphatic hydroxyl groups excluding tert-OH is 1. The Hall–Kier alpha value is -2.11. The second kappa shape index (κ2) is 7.71. The molecule has 0 spiro atoms. The van der Waals surface area contributed by atoms with Crippen LogP contribution in [0.3, 0.4) is 0 Å². The maximum Gasteiger partial charge on any atom is 0.433 e. The Kier molecular flexibility index (Phi) is 5.00. The number of rotatable bonds is 5. The molecule has 0 bridgehead atoms. The molecule has 6 rings (SSSR count). The van der Waals surface area contributed by atoms with Gasteiger partial charge in [-0.2, -0.15) is 18.2 Å². The van der Waals surface area contributed by atoms with Gasteiger partial charge in [0, 0.05) is 31.5 Å². The van der Waals surface area contributed by atoms with Gasteiger partial charge in [-0.15, -0.1) is 11.3 Å². The second-order valence-corrected chi connectivity index (χ2v) is 11.3. The molecule has 0 amide bonds. The molecule has 1 aromatic carbocycles. The van der Waals surface area contributed by atoms with Gasteiger partial charge in [-0.25, -0.2) is 9.97 Å². The topological polar surface area (TPSA) is 65.4 Å². The van der Waals surface area contributed by atoms with E-state index in [9.17, 15) is 18.3 Å². The van der Waals surface area contributed by atoms with Gasteiger partial charge in [-0.05, 0) is 36.8 Å². The molecule has 3 fully saturated rings. The van der Waals surface area contributed by atoms with E-state index in [1.165, 1.54) is 4.70 Å². The monoisotopic (exact) mass is 493 g/mol. The number of hydrogen-bond donors (Lipinski definition) is 1. The number of anilines is 2. The van der Waals surface area contributed by atoms with Crippen LogP contribution in [0.15, 0.2) is 34.7 Å². The summed E-state index contributed by atoms with van der Waals surface area (Å²) in [5.41, 5.74) is 0.0934. The molecule has 1 unspecified atom stereocenters. The molecular weight excluding hydrogens is 471 g/mol. The number of hydrogen-bond acceptors (Lipinski definition) is 8. The highest BCUT2D eigenvalue weighted by Crippen LogP contribution is 2.54. The molecule has 5 atom stereocenters. The van der Waals surface area contributed by atoms with Gasteiger partial charge in [0.15, 0.2) is 10.0 Å². The smallest absolute Gasteiger partial charge is 0.389 e. The maximum absolute atomic E-state index is 13.5. The molecule has 1 saturated carbocycles. The Morgan fingerprint density at radius 3 is 2.55 bits per heavy atom. The van der Waals surface area contributed by atoms with Crippen molar-refractivity contribution in [2.75, 3.05) is 35.2 Å². The van der Waals surface area contributed by atoms with Gasteiger partial charge in [0.05, 0.1) is 22.4 Å². The number of thioether (sulfide) groups is 1. The van der Waals surface area contributed by atoms with Crippen LogP contribution in [0, 0.1) is 17.8 Å². The molecule has 3 aromatic rings. The van der Waals surface area contributed by atoms with Crippen LogP contribution in [0.1, 0.15) is 12.6 Å². The van der Waals surface area contributed by atoms with E-state index < -0.39 is 18.0 Å². The number of aliphatic hydroxyl groups is 1. The Morgan fingerprint density at radius 2 is 1.88 bits per heavy atom. The van der Waals surface area contributed by atoms with Crippen molar-refractivity contribution in [3.8, 4) is 0 Å². The summed E-state index contributed by atoms with van der Waals surface area (Å²) in [4.78, 5) is 16.5. The third kappa shape index (κ3) is 3.83. The zero-order chi connectivity index (χ0) is 22.9. The van der Waals surface area contributed by atoms with Crippen LogP contribution in [0.5, 0.6) is 0 Å². The molecule has 6 nitrogen and oxygen atoms in total. The predicted molar refractivity (Wildman–Crippen MR) is 123 cm³/mol. The summed E-state index contributed by atoms with van der Waals surface area (Å²) in [5, 5.41) is 9.77. The van der Waals surface area contributed by atoms with E-state index in [1.807, 2.05) is 23.1 Å². The van der Waals surface area contributed by atoms with Gasteiger partial charge in [0.2, 0.25) is 5.95 Å². The zero-order valence-corrected chi connectivity index (χ0v) is 19.4. The lowest BCUT2D eigenvalue weighted by Gasteiger charge is -2.43. The number of nitrogens with zero attached hydrogens (tertiary/aromatic N) is 5. The predicted octanol–water partition coefficient (Wildman–Crippen LogP) is 4.15. The molecule has 0 radical (unpaired) electrons. The van der Waals surface area contributed by atoms with Gasteiger partial charge >= 0.3 is 6.18 Å². The minimum Gasteiger partial charge on any atom is -0.389 e. The summed E-state index contributed by atoms with van der Waals surface area (Å²) in [7, 11) is 0. The number of β-amino-alcohol motifs (C(OH)–C–C–N with tert-alkyl or cyclic N) is 1. The lowest BCUT2D eigenvalue weighted by atomic mass is 10.0. The van der Waals surface area contributed by atoms with E-state index in [2.05, 4.69) is 21.0 Å². The first-order chi connectivity index (χ1) is 15.8. The quantitative estimate of drug-likeness (QED) is 0.536. The standard InChI is InChI=1S/C22H22F3N5OS2/c1-11-16(31)9-30(11)20-27-18(22(23,24)25)6-19(28-20)29-7-12-13(8-29)14(12)10-32-21-26-15-4-2-3-5-17(15)33-21/h2-6,11-14,16,31H,7-10H2,1H3/t11-,12-,13+,14?,16+/m0/s1. The number of alkyl halides is 3. The summed E-state index contributed by atoms with van der Waals surface area (Å²) in [6, 6.07) is 8.86. The van der Waals surface area contributed by atoms with Crippen molar-refractivity contribution in [2.45, 2.75) is 29.6 Å². The maximum atomic E-state index is 13.5. The van der Waals surface area contributed by atoms with Crippen molar-refractivity contribution in [2.24, 2.45) is 17.8 Å². The second-order valence-electron chi connectivity index (χ2n) is 9.02. The van der Waals surface area contributed by atoms with Gasteiger partial charge in [-0.3, -0.25) is 0 Å². The number of benzene rings is 1. The average Bonchev–Trinajstić information content (AvgIpc) is 3.13. The highest BCUT2D eigenvalue weighted by atomic mass is 32.2. The molecule has 2 saturated heterocycles. The van der Waals surface area contributed by atoms with Crippen LogP contribution >= 0.6 is 23.1 Å². The third-order valence-corrected chi connectivity index (χ3v) is 9.37. The van der Waals surface area contributed by atoms with E-state index in [1.54, 1.807) is 34.9 Å².